The van der Waals surface area contributed by atoms with Gasteiger partial charge in [0.25, 0.3) is 0 Å². The van der Waals surface area contributed by atoms with Crippen LogP contribution in [0.5, 0.6) is 0 Å². The summed E-state index contributed by atoms with van der Waals surface area (Å²) in [6, 6.07) is 10.2. The summed E-state index contributed by atoms with van der Waals surface area (Å²) >= 11 is 0.0529. The summed E-state index contributed by atoms with van der Waals surface area (Å²) in [5, 5.41) is 6.18. The fourth-order valence-electron chi connectivity index (χ4n) is 2.55. The number of alkyl halides is 2. The van der Waals surface area contributed by atoms with E-state index in [4.69, 9.17) is 4.42 Å². The highest BCUT2D eigenvalue weighted by atomic mass is 32.2. The topological polar surface area (TPSA) is 73.0 Å². The maximum atomic E-state index is 14.5. The van der Waals surface area contributed by atoms with Gasteiger partial charge in [-0.2, -0.15) is 8.78 Å². The van der Waals surface area contributed by atoms with Gasteiger partial charge < -0.3 is 9.73 Å². The molecule has 9 heteroatoms. The first-order valence-electron chi connectivity index (χ1n) is 8.77. The first kappa shape index (κ1) is 20.1. The van der Waals surface area contributed by atoms with Crippen LogP contribution in [0.2, 0.25) is 0 Å². The first-order valence-corrected chi connectivity index (χ1v) is 9.58. The molecule has 2 aromatic heterocycles. The Balaban J connectivity index is 1.75. The molecule has 0 fully saturated rings. The van der Waals surface area contributed by atoms with Crippen LogP contribution in [0.15, 0.2) is 52.2 Å². The van der Waals surface area contributed by atoms with Crippen molar-refractivity contribution in [1.29, 1.82) is 0 Å². The quantitative estimate of drug-likeness (QED) is 0.559. The molecule has 0 unspecified atom stereocenters. The number of thioether (sulfide) groups is 1. The monoisotopic (exact) mass is 406 g/mol. The Bertz CT molecular complexity index is 938. The van der Waals surface area contributed by atoms with Crippen molar-refractivity contribution in [3.8, 4) is 11.6 Å². The molecule has 0 spiro atoms. The van der Waals surface area contributed by atoms with Crippen molar-refractivity contribution in [3.05, 3.63) is 48.2 Å². The van der Waals surface area contributed by atoms with Crippen molar-refractivity contribution < 1.29 is 18.0 Å². The molecule has 148 valence electrons. The lowest BCUT2D eigenvalue weighted by Gasteiger charge is -2.16. The summed E-state index contributed by atoms with van der Waals surface area (Å²) in [6.45, 7) is 6.17. The Hall–Kier alpha value is -2.68. The van der Waals surface area contributed by atoms with Gasteiger partial charge in [0.15, 0.2) is 16.7 Å². The number of halogens is 2. The summed E-state index contributed by atoms with van der Waals surface area (Å²) in [6.07, 6.45) is 1.46. The normalized spacial score (nSPS) is 11.8. The number of benzene rings is 1. The SMILES string of the molecule is CCn1c(SC(F)(F)C(=O)Nc2ccc(C(C)C)cc2)nnc1-c1ccco1. The van der Waals surface area contributed by atoms with Crippen molar-refractivity contribution in [3.63, 3.8) is 0 Å². The zero-order chi connectivity index (χ0) is 20.3. The van der Waals surface area contributed by atoms with E-state index in [9.17, 15) is 13.6 Å². The number of nitrogens with one attached hydrogen (secondary N) is 1. The number of furan rings is 1. The van der Waals surface area contributed by atoms with Crippen molar-refractivity contribution in [1.82, 2.24) is 14.8 Å². The fourth-order valence-corrected chi connectivity index (χ4v) is 3.33. The summed E-state index contributed by atoms with van der Waals surface area (Å²) in [5.41, 5.74) is 1.36. The van der Waals surface area contributed by atoms with Crippen LogP contribution in [0.1, 0.15) is 32.3 Å². The maximum absolute atomic E-state index is 14.5. The van der Waals surface area contributed by atoms with Crippen LogP contribution >= 0.6 is 11.8 Å². The molecule has 0 aliphatic rings. The van der Waals surface area contributed by atoms with Gasteiger partial charge in [-0.1, -0.05) is 26.0 Å². The predicted octanol–water partition coefficient (Wildman–Crippen LogP) is 5.01. The summed E-state index contributed by atoms with van der Waals surface area (Å²) in [4.78, 5) is 12.1. The number of anilines is 1. The van der Waals surface area contributed by atoms with E-state index in [1.165, 1.54) is 10.8 Å². The number of carbonyl (C=O) groups is 1. The molecule has 2 heterocycles. The number of amides is 1. The van der Waals surface area contributed by atoms with E-state index >= 15 is 0 Å². The van der Waals surface area contributed by atoms with Crippen molar-refractivity contribution in [2.75, 3.05) is 5.32 Å². The molecule has 3 aromatic rings. The molecule has 0 saturated heterocycles. The summed E-state index contributed by atoms with van der Waals surface area (Å²) in [7, 11) is 0. The Labute approximate surface area is 165 Å². The van der Waals surface area contributed by atoms with Gasteiger partial charge >= 0.3 is 11.2 Å². The van der Waals surface area contributed by atoms with Crippen molar-refractivity contribution in [2.24, 2.45) is 0 Å². The lowest BCUT2D eigenvalue weighted by Crippen LogP contribution is -2.31. The first-order chi connectivity index (χ1) is 13.3. The number of carbonyl (C=O) groups excluding carboxylic acids is 1. The van der Waals surface area contributed by atoms with Gasteiger partial charge in [0.1, 0.15) is 0 Å². The molecule has 28 heavy (non-hydrogen) atoms. The van der Waals surface area contributed by atoms with E-state index in [0.717, 1.165) is 5.56 Å². The highest BCUT2D eigenvalue weighted by Crippen LogP contribution is 2.37. The van der Waals surface area contributed by atoms with Crippen molar-refractivity contribution >= 4 is 23.4 Å². The molecule has 0 aliphatic carbocycles. The molecule has 0 radical (unpaired) electrons. The van der Waals surface area contributed by atoms with Crippen LogP contribution in [-0.4, -0.2) is 25.9 Å². The lowest BCUT2D eigenvalue weighted by molar-refractivity contribution is -0.129. The molecule has 0 aliphatic heterocycles. The molecule has 1 amide bonds. The highest BCUT2D eigenvalue weighted by molar-refractivity contribution is 8.00. The van der Waals surface area contributed by atoms with Crippen LogP contribution < -0.4 is 5.32 Å². The van der Waals surface area contributed by atoms with E-state index in [1.54, 1.807) is 43.3 Å². The lowest BCUT2D eigenvalue weighted by atomic mass is 10.0. The molecule has 3 rings (SSSR count). The number of nitrogens with zero attached hydrogens (tertiary/aromatic N) is 3. The third-order valence-electron chi connectivity index (χ3n) is 4.09. The van der Waals surface area contributed by atoms with Crippen LogP contribution in [0.3, 0.4) is 0 Å². The van der Waals surface area contributed by atoms with Gasteiger partial charge in [-0.05, 0) is 54.4 Å². The zero-order valence-corrected chi connectivity index (χ0v) is 16.5. The third-order valence-corrected chi connectivity index (χ3v) is 5.02. The van der Waals surface area contributed by atoms with Gasteiger partial charge in [-0.15, -0.1) is 10.2 Å². The van der Waals surface area contributed by atoms with Gasteiger partial charge in [-0.3, -0.25) is 9.36 Å². The van der Waals surface area contributed by atoms with E-state index in [0.29, 0.717) is 29.7 Å². The molecule has 0 bridgehead atoms. The molecule has 0 saturated carbocycles. The minimum Gasteiger partial charge on any atom is -0.461 e. The number of hydrogen-bond donors (Lipinski definition) is 1. The zero-order valence-electron chi connectivity index (χ0n) is 15.6. The minimum absolute atomic E-state index is 0.0529. The van der Waals surface area contributed by atoms with Crippen molar-refractivity contribution in [2.45, 2.75) is 43.6 Å². The summed E-state index contributed by atoms with van der Waals surface area (Å²) in [5.74, 6) is -0.361. The van der Waals surface area contributed by atoms with Crippen LogP contribution in [0.25, 0.3) is 11.6 Å². The Morgan fingerprint density at radius 1 is 1.25 bits per heavy atom. The summed E-state index contributed by atoms with van der Waals surface area (Å²) < 4.78 is 35.8. The van der Waals surface area contributed by atoms with Gasteiger partial charge in [0, 0.05) is 12.2 Å². The average Bonchev–Trinajstić information content (AvgIpc) is 3.31. The number of rotatable bonds is 7. The predicted molar refractivity (Wildman–Crippen MR) is 103 cm³/mol. The van der Waals surface area contributed by atoms with Crippen LogP contribution in [0.4, 0.5) is 14.5 Å². The second-order valence-corrected chi connectivity index (χ2v) is 7.46. The van der Waals surface area contributed by atoms with Gasteiger partial charge in [0.2, 0.25) is 0 Å². The van der Waals surface area contributed by atoms with E-state index in [2.05, 4.69) is 15.5 Å². The Kier molecular flexibility index (Phi) is 5.83. The Morgan fingerprint density at radius 2 is 1.96 bits per heavy atom. The number of aromatic nitrogens is 3. The van der Waals surface area contributed by atoms with Crippen LogP contribution in [0, 0.1) is 0 Å². The molecule has 0 atom stereocenters. The van der Waals surface area contributed by atoms with E-state index < -0.39 is 11.2 Å². The second kappa shape index (κ2) is 8.14. The second-order valence-electron chi connectivity index (χ2n) is 6.38. The van der Waals surface area contributed by atoms with Crippen LogP contribution in [-0.2, 0) is 11.3 Å². The standard InChI is InChI=1S/C19H20F2N4O2S/c1-4-25-16(15-6-5-11-27-15)23-24-18(25)28-19(20,21)17(26)22-14-9-7-13(8-10-14)12(2)3/h5-12H,4H2,1-3H3,(H,22,26). The maximum Gasteiger partial charge on any atom is 0.378 e. The smallest absolute Gasteiger partial charge is 0.378 e. The molecule has 1 N–H and O–H groups in total. The largest absolute Gasteiger partial charge is 0.461 e. The average molecular weight is 406 g/mol. The minimum atomic E-state index is -3.73. The van der Waals surface area contributed by atoms with E-state index in [1.807, 2.05) is 13.8 Å². The fraction of sp³-hybridized carbons (Fsp3) is 0.316. The third kappa shape index (κ3) is 4.24. The van der Waals surface area contributed by atoms with Gasteiger partial charge in [0.05, 0.1) is 6.26 Å². The Morgan fingerprint density at radius 3 is 2.54 bits per heavy atom. The molecular weight excluding hydrogens is 386 g/mol. The molecule has 1 aromatic carbocycles. The molecule has 6 nitrogen and oxygen atoms in total. The highest BCUT2D eigenvalue weighted by Gasteiger charge is 2.42. The number of hydrogen-bond acceptors (Lipinski definition) is 5. The van der Waals surface area contributed by atoms with E-state index in [-0.39, 0.29) is 16.9 Å². The molecular formula is C19H20F2N4O2S. The van der Waals surface area contributed by atoms with Gasteiger partial charge in [-0.25, -0.2) is 0 Å².